The Morgan fingerprint density at radius 3 is 2.59 bits per heavy atom. The van der Waals surface area contributed by atoms with Crippen LogP contribution in [0.4, 0.5) is 0 Å². The number of H-pyrrole nitrogens is 1. The van der Waals surface area contributed by atoms with Gasteiger partial charge in [0.05, 0.1) is 17.1 Å². The molecule has 5 atom stereocenters. The number of nitrogens with zero attached hydrogens (tertiary/aromatic N) is 2. The number of allylic oxidation sites excluding steroid dienone is 1. The Morgan fingerprint density at radius 2 is 1.80 bits per heavy atom. The van der Waals surface area contributed by atoms with Crippen LogP contribution < -0.4 is 5.73 Å². The molecule has 5 nitrogen and oxygen atoms in total. The summed E-state index contributed by atoms with van der Waals surface area (Å²) in [5.74, 6) is 3.69. The fourth-order valence-electron chi connectivity index (χ4n) is 9.42. The minimum Gasteiger partial charge on any atom is -0.383 e. The molecule has 0 saturated heterocycles. The first-order valence-corrected chi connectivity index (χ1v) is 15.9. The van der Waals surface area contributed by atoms with Crippen molar-refractivity contribution in [2.45, 2.75) is 90.0 Å². The maximum absolute atomic E-state index is 13.7. The van der Waals surface area contributed by atoms with Gasteiger partial charge in [0.1, 0.15) is 11.7 Å². The third-order valence-electron chi connectivity index (χ3n) is 11.4. The summed E-state index contributed by atoms with van der Waals surface area (Å²) in [6, 6.07) is 14.4. The quantitative estimate of drug-likeness (QED) is 0.135. The molecule has 5 fully saturated rings. The van der Waals surface area contributed by atoms with E-state index in [9.17, 15) is 4.79 Å². The van der Waals surface area contributed by atoms with Crippen molar-refractivity contribution in [2.75, 3.05) is 0 Å². The van der Waals surface area contributed by atoms with Crippen molar-refractivity contribution in [3.63, 3.8) is 0 Å². The highest BCUT2D eigenvalue weighted by atomic mass is 16.1. The topological polar surface area (TPSA) is 84.1 Å². The van der Waals surface area contributed by atoms with Crippen LogP contribution in [0.25, 0.3) is 22.4 Å². The molecule has 0 spiro atoms. The Balaban J connectivity index is 1.09. The van der Waals surface area contributed by atoms with Crippen molar-refractivity contribution in [2.24, 2.45) is 39.3 Å². The van der Waals surface area contributed by atoms with E-state index in [1.54, 1.807) is 0 Å². The van der Waals surface area contributed by atoms with E-state index in [4.69, 9.17) is 15.7 Å². The van der Waals surface area contributed by atoms with Gasteiger partial charge >= 0.3 is 0 Å². The zero-order valence-corrected chi connectivity index (χ0v) is 24.5. The van der Waals surface area contributed by atoms with Crippen LogP contribution in [0.3, 0.4) is 0 Å². The lowest BCUT2D eigenvalue weighted by molar-refractivity contribution is -0.0440. The summed E-state index contributed by atoms with van der Waals surface area (Å²) in [5.41, 5.74) is 11.3. The van der Waals surface area contributed by atoms with E-state index in [0.717, 1.165) is 58.2 Å². The molecule has 8 rings (SSSR count). The minimum atomic E-state index is 0.129. The lowest BCUT2D eigenvalue weighted by atomic mass is 9.48. The van der Waals surface area contributed by atoms with Crippen LogP contribution in [0.5, 0.6) is 0 Å². The third kappa shape index (κ3) is 4.85. The number of carbonyl (C=O) groups is 1. The second kappa shape index (κ2) is 10.3. The Labute approximate surface area is 244 Å². The molecule has 1 heterocycles. The molecule has 214 valence electrons. The number of aromatic nitrogens is 2. The highest BCUT2D eigenvalue weighted by molar-refractivity contribution is 6.00. The van der Waals surface area contributed by atoms with Crippen LogP contribution in [-0.2, 0) is 0 Å². The fourth-order valence-corrected chi connectivity index (χ4v) is 9.42. The number of hydrogen-bond acceptors (Lipinski definition) is 3. The van der Waals surface area contributed by atoms with E-state index < -0.39 is 0 Å². The summed E-state index contributed by atoms with van der Waals surface area (Å²) < 4.78 is 0. The van der Waals surface area contributed by atoms with Crippen molar-refractivity contribution in [3.8, 4) is 11.4 Å². The van der Waals surface area contributed by atoms with Crippen LogP contribution in [-0.4, -0.2) is 27.6 Å². The first-order chi connectivity index (χ1) is 19.8. The summed E-state index contributed by atoms with van der Waals surface area (Å²) in [5, 5.41) is 0. The molecule has 1 aromatic heterocycles. The number of amidine groups is 1. The second-order valence-electron chi connectivity index (χ2n) is 14.1. The molecular formula is C36H44N4O. The normalized spacial score (nSPS) is 31.8. The summed E-state index contributed by atoms with van der Waals surface area (Å²) in [4.78, 5) is 26.8. The number of benzene rings is 2. The van der Waals surface area contributed by atoms with E-state index in [1.807, 2.05) is 36.4 Å². The van der Waals surface area contributed by atoms with Crippen LogP contribution in [0.1, 0.15) is 99.9 Å². The number of rotatable bonds is 7. The molecule has 3 N–H and O–H groups in total. The van der Waals surface area contributed by atoms with E-state index in [-0.39, 0.29) is 16.6 Å². The highest BCUT2D eigenvalue weighted by Crippen LogP contribution is 2.66. The zero-order valence-electron chi connectivity index (χ0n) is 24.5. The van der Waals surface area contributed by atoms with Gasteiger partial charge in [-0.05, 0) is 98.1 Å². The van der Waals surface area contributed by atoms with E-state index >= 15 is 0 Å². The van der Waals surface area contributed by atoms with Gasteiger partial charge < -0.3 is 10.7 Å². The second-order valence-corrected chi connectivity index (χ2v) is 14.1. The Bertz CT molecular complexity index is 1500. The number of hydrogen-bond donors (Lipinski definition) is 2. The maximum Gasteiger partial charge on any atom is 0.163 e. The van der Waals surface area contributed by atoms with E-state index in [0.29, 0.717) is 24.2 Å². The minimum absolute atomic E-state index is 0.129. The molecular weight excluding hydrogens is 504 g/mol. The van der Waals surface area contributed by atoms with E-state index in [2.05, 4.69) is 30.6 Å². The molecule has 5 saturated carbocycles. The predicted molar refractivity (Wildman–Crippen MR) is 167 cm³/mol. The zero-order chi connectivity index (χ0) is 28.2. The van der Waals surface area contributed by atoms with Crippen molar-refractivity contribution in [1.29, 1.82) is 0 Å². The molecule has 0 amide bonds. The molecule has 5 aliphatic rings. The number of nitrogens with two attached hydrogens (primary N) is 1. The maximum atomic E-state index is 13.7. The molecule has 0 aliphatic heterocycles. The van der Waals surface area contributed by atoms with Crippen molar-refractivity contribution in [1.82, 2.24) is 9.97 Å². The van der Waals surface area contributed by atoms with E-state index in [1.165, 1.54) is 57.8 Å². The highest BCUT2D eigenvalue weighted by Gasteiger charge is 2.58. The van der Waals surface area contributed by atoms with Gasteiger partial charge in [-0.3, -0.25) is 9.79 Å². The molecule has 2 aromatic carbocycles. The molecule has 0 radical (unpaired) electrons. The van der Waals surface area contributed by atoms with Crippen molar-refractivity contribution < 1.29 is 4.79 Å². The van der Waals surface area contributed by atoms with Gasteiger partial charge in [0, 0.05) is 23.1 Å². The SMILES string of the molecule is C=C[C@@]12C[C@@H]3C[C@H](CC[C@@](C)(C3)C1CC(=O)c1ccc(-c3nc4ccc(C(N)=NC5CCCCC5)cc4[nH]3)cc1)C2. The number of aromatic amines is 1. The van der Waals surface area contributed by atoms with Gasteiger partial charge in [0.2, 0.25) is 0 Å². The third-order valence-corrected chi connectivity index (χ3v) is 11.4. The monoisotopic (exact) mass is 548 g/mol. The lowest BCUT2D eigenvalue weighted by Crippen LogP contribution is -2.49. The molecule has 5 aliphatic carbocycles. The van der Waals surface area contributed by atoms with Gasteiger partial charge in [-0.2, -0.15) is 0 Å². The van der Waals surface area contributed by atoms with Gasteiger partial charge in [-0.1, -0.05) is 56.5 Å². The Kier molecular flexibility index (Phi) is 6.67. The first kappa shape index (κ1) is 26.7. The number of aliphatic imine (C=N–C) groups is 1. The number of imidazole rings is 1. The summed E-state index contributed by atoms with van der Waals surface area (Å²) in [7, 11) is 0. The molecule has 5 heteroatoms. The van der Waals surface area contributed by atoms with Crippen LogP contribution in [0.2, 0.25) is 0 Å². The van der Waals surface area contributed by atoms with Gasteiger partial charge in [0.15, 0.2) is 5.78 Å². The van der Waals surface area contributed by atoms with Crippen LogP contribution >= 0.6 is 0 Å². The van der Waals surface area contributed by atoms with Gasteiger partial charge in [-0.25, -0.2) is 4.98 Å². The first-order valence-electron chi connectivity index (χ1n) is 15.9. The van der Waals surface area contributed by atoms with Crippen LogP contribution in [0, 0.1) is 28.6 Å². The van der Waals surface area contributed by atoms with Crippen molar-refractivity contribution in [3.05, 3.63) is 66.2 Å². The molecule has 1 unspecified atom stereocenters. The number of nitrogens with one attached hydrogen (secondary N) is 1. The Morgan fingerprint density at radius 1 is 1.05 bits per heavy atom. The Hall–Kier alpha value is -3.21. The largest absolute Gasteiger partial charge is 0.383 e. The summed E-state index contributed by atoms with van der Waals surface area (Å²) in [6.45, 7) is 6.79. The number of Topliss-reactive ketones (excluding diaryl/α,β-unsaturated/α-hetero) is 1. The number of ketones is 1. The number of carbonyl (C=O) groups excluding carboxylic acids is 1. The van der Waals surface area contributed by atoms with Gasteiger partial charge in [-0.15, -0.1) is 6.58 Å². The van der Waals surface area contributed by atoms with Gasteiger partial charge in [0.25, 0.3) is 0 Å². The van der Waals surface area contributed by atoms with Crippen molar-refractivity contribution >= 4 is 22.7 Å². The lowest BCUT2D eigenvalue weighted by Gasteiger charge is -2.56. The summed E-state index contributed by atoms with van der Waals surface area (Å²) in [6.07, 6.45) is 16.6. The standard InChI is InChI=1S/C36H44N4O/c1-3-36-21-23-15-16-35(2,20-24(17-23)22-36)32(36)19-31(41)25-9-11-26(12-10-25)34-39-29-14-13-27(18-30(29)40-34)33(37)38-28-7-5-4-6-8-28/h3,9-14,18,23-24,28,32H,1,4-8,15-17,19-22H2,2H3,(H2,37,38)(H,39,40)/t23-,24+,32?,35-,36+/m0/s1. The average molecular weight is 549 g/mol. The molecule has 3 aromatic rings. The molecule has 4 bridgehead atoms. The molecule has 41 heavy (non-hydrogen) atoms. The summed E-state index contributed by atoms with van der Waals surface area (Å²) >= 11 is 0. The average Bonchev–Trinajstić information content (AvgIpc) is 3.34. The number of fused-ring (bicyclic) bond motifs is 2. The predicted octanol–water partition coefficient (Wildman–Crippen LogP) is 8.25. The fraction of sp³-hybridized carbons (Fsp3) is 0.528. The van der Waals surface area contributed by atoms with Crippen LogP contribution in [0.15, 0.2) is 60.1 Å². The smallest absolute Gasteiger partial charge is 0.163 e.